The minimum Gasteiger partial charge on any atom is -0.497 e. The number of aromatic nitrogens is 3. The predicted octanol–water partition coefficient (Wildman–Crippen LogP) is 4.49. The van der Waals surface area contributed by atoms with Crippen molar-refractivity contribution in [2.24, 2.45) is 0 Å². The second-order valence-corrected chi connectivity index (χ2v) is 8.00. The SMILES string of the molecule is CCn1c(SCC(=O)Nc2ccc(OC)cc2OC)nnc1C(C)Oc1ccc(C)cc1. The van der Waals surface area contributed by atoms with Gasteiger partial charge in [0, 0.05) is 12.6 Å². The third kappa shape index (κ3) is 5.73. The maximum atomic E-state index is 12.5. The number of carbonyl (C=O) groups is 1. The van der Waals surface area contributed by atoms with Gasteiger partial charge in [0.2, 0.25) is 5.91 Å². The standard InChI is InChI=1S/C23H28N4O4S/c1-6-27-22(16(3)31-17-9-7-15(2)8-10-17)25-26-23(27)32-14-21(28)24-19-12-11-18(29-4)13-20(19)30-5/h7-13,16H,6,14H2,1-5H3,(H,24,28). The summed E-state index contributed by atoms with van der Waals surface area (Å²) in [5.74, 6) is 2.68. The molecule has 1 unspecified atom stereocenters. The van der Waals surface area contributed by atoms with E-state index in [9.17, 15) is 4.79 Å². The third-order valence-electron chi connectivity index (χ3n) is 4.77. The molecule has 9 heteroatoms. The summed E-state index contributed by atoms with van der Waals surface area (Å²) in [6, 6.07) is 13.1. The Morgan fingerprint density at radius 3 is 2.47 bits per heavy atom. The predicted molar refractivity (Wildman–Crippen MR) is 125 cm³/mol. The van der Waals surface area contributed by atoms with Gasteiger partial charge in [0.15, 0.2) is 17.1 Å². The lowest BCUT2D eigenvalue weighted by Crippen LogP contribution is -2.16. The number of nitrogens with zero attached hydrogens (tertiary/aromatic N) is 3. The first-order valence-corrected chi connectivity index (χ1v) is 11.2. The summed E-state index contributed by atoms with van der Waals surface area (Å²) in [4.78, 5) is 12.5. The number of ether oxygens (including phenoxy) is 3. The van der Waals surface area contributed by atoms with Crippen LogP contribution in [0.3, 0.4) is 0 Å². The fraction of sp³-hybridized carbons (Fsp3) is 0.348. The molecule has 1 atom stereocenters. The van der Waals surface area contributed by atoms with E-state index in [0.717, 1.165) is 5.75 Å². The first kappa shape index (κ1) is 23.5. The molecule has 3 aromatic rings. The van der Waals surface area contributed by atoms with Crippen LogP contribution in [0.1, 0.15) is 31.3 Å². The van der Waals surface area contributed by atoms with Gasteiger partial charge in [0.1, 0.15) is 17.2 Å². The Morgan fingerprint density at radius 2 is 1.81 bits per heavy atom. The zero-order valence-electron chi connectivity index (χ0n) is 18.9. The van der Waals surface area contributed by atoms with Crippen LogP contribution < -0.4 is 19.5 Å². The number of anilines is 1. The highest BCUT2D eigenvalue weighted by molar-refractivity contribution is 7.99. The van der Waals surface area contributed by atoms with Crippen LogP contribution in [0.2, 0.25) is 0 Å². The van der Waals surface area contributed by atoms with E-state index in [4.69, 9.17) is 14.2 Å². The van der Waals surface area contributed by atoms with E-state index in [0.29, 0.717) is 34.7 Å². The van der Waals surface area contributed by atoms with Gasteiger partial charge in [-0.2, -0.15) is 0 Å². The molecule has 0 fully saturated rings. The molecule has 0 aliphatic carbocycles. The summed E-state index contributed by atoms with van der Waals surface area (Å²) in [6.07, 6.45) is -0.281. The summed E-state index contributed by atoms with van der Waals surface area (Å²) in [5, 5.41) is 12.1. The van der Waals surface area contributed by atoms with E-state index in [1.165, 1.54) is 17.3 Å². The van der Waals surface area contributed by atoms with Gasteiger partial charge in [-0.25, -0.2) is 0 Å². The van der Waals surface area contributed by atoms with Crippen LogP contribution in [0.25, 0.3) is 0 Å². The summed E-state index contributed by atoms with van der Waals surface area (Å²) >= 11 is 1.32. The molecule has 0 spiro atoms. The summed E-state index contributed by atoms with van der Waals surface area (Å²) < 4.78 is 18.5. The number of hydrogen-bond acceptors (Lipinski definition) is 7. The molecule has 0 aliphatic heterocycles. The van der Waals surface area contributed by atoms with Gasteiger partial charge in [0.25, 0.3) is 0 Å². The van der Waals surface area contributed by atoms with Crippen molar-refractivity contribution < 1.29 is 19.0 Å². The van der Waals surface area contributed by atoms with E-state index < -0.39 is 0 Å². The van der Waals surface area contributed by atoms with Gasteiger partial charge in [0.05, 0.1) is 25.7 Å². The fourth-order valence-corrected chi connectivity index (χ4v) is 3.91. The third-order valence-corrected chi connectivity index (χ3v) is 5.74. The summed E-state index contributed by atoms with van der Waals surface area (Å²) in [5.41, 5.74) is 1.75. The molecule has 3 rings (SSSR count). The monoisotopic (exact) mass is 456 g/mol. The Balaban J connectivity index is 1.63. The van der Waals surface area contributed by atoms with Crippen molar-refractivity contribution in [3.63, 3.8) is 0 Å². The molecule has 0 saturated heterocycles. The van der Waals surface area contributed by atoms with Crippen molar-refractivity contribution in [1.29, 1.82) is 0 Å². The van der Waals surface area contributed by atoms with Crippen molar-refractivity contribution in [2.75, 3.05) is 25.3 Å². The number of benzene rings is 2. The van der Waals surface area contributed by atoms with Crippen LogP contribution in [0, 0.1) is 6.92 Å². The van der Waals surface area contributed by atoms with Crippen molar-refractivity contribution in [3.8, 4) is 17.2 Å². The smallest absolute Gasteiger partial charge is 0.234 e. The maximum Gasteiger partial charge on any atom is 0.234 e. The summed E-state index contributed by atoms with van der Waals surface area (Å²) in [7, 11) is 3.12. The van der Waals surface area contributed by atoms with Crippen LogP contribution in [-0.2, 0) is 11.3 Å². The normalized spacial score (nSPS) is 11.7. The first-order valence-electron chi connectivity index (χ1n) is 10.3. The van der Waals surface area contributed by atoms with Crippen molar-refractivity contribution in [3.05, 3.63) is 53.9 Å². The second-order valence-electron chi connectivity index (χ2n) is 7.06. The molecule has 8 nitrogen and oxygen atoms in total. The highest BCUT2D eigenvalue weighted by atomic mass is 32.2. The van der Waals surface area contributed by atoms with Crippen molar-refractivity contribution in [1.82, 2.24) is 14.8 Å². The average Bonchev–Trinajstić information content (AvgIpc) is 3.22. The Hall–Kier alpha value is -3.20. The fourth-order valence-electron chi connectivity index (χ4n) is 3.10. The maximum absolute atomic E-state index is 12.5. The summed E-state index contributed by atoms with van der Waals surface area (Å²) in [6.45, 7) is 6.65. The molecular weight excluding hydrogens is 428 g/mol. The average molecular weight is 457 g/mol. The number of thioether (sulfide) groups is 1. The Bertz CT molecular complexity index is 1050. The van der Waals surface area contributed by atoms with Gasteiger partial charge in [-0.05, 0) is 45.0 Å². The number of nitrogens with one attached hydrogen (secondary N) is 1. The Morgan fingerprint density at radius 1 is 1.09 bits per heavy atom. The van der Waals surface area contributed by atoms with Gasteiger partial charge in [-0.1, -0.05) is 29.5 Å². The first-order chi connectivity index (χ1) is 15.4. The molecule has 32 heavy (non-hydrogen) atoms. The quantitative estimate of drug-likeness (QED) is 0.450. The highest BCUT2D eigenvalue weighted by Gasteiger charge is 2.20. The number of rotatable bonds is 10. The molecule has 1 heterocycles. The minimum atomic E-state index is -0.281. The molecular formula is C23H28N4O4S. The number of hydrogen-bond donors (Lipinski definition) is 1. The Labute approximate surface area is 192 Å². The molecule has 0 bridgehead atoms. The van der Waals surface area contributed by atoms with Gasteiger partial charge in [-0.15, -0.1) is 10.2 Å². The van der Waals surface area contributed by atoms with E-state index in [-0.39, 0.29) is 17.8 Å². The lowest BCUT2D eigenvalue weighted by atomic mass is 10.2. The van der Waals surface area contributed by atoms with Crippen molar-refractivity contribution in [2.45, 2.75) is 38.6 Å². The van der Waals surface area contributed by atoms with Crippen LogP contribution in [0.5, 0.6) is 17.2 Å². The van der Waals surface area contributed by atoms with E-state index in [1.54, 1.807) is 32.4 Å². The highest BCUT2D eigenvalue weighted by Crippen LogP contribution is 2.30. The topological polar surface area (TPSA) is 87.5 Å². The second kappa shape index (κ2) is 10.9. The number of methoxy groups -OCH3 is 2. The lowest BCUT2D eigenvalue weighted by Gasteiger charge is -2.15. The molecule has 1 amide bonds. The molecule has 170 valence electrons. The van der Waals surface area contributed by atoms with Crippen LogP contribution in [0.4, 0.5) is 5.69 Å². The van der Waals surface area contributed by atoms with Crippen LogP contribution in [0.15, 0.2) is 47.6 Å². The number of carbonyl (C=O) groups excluding carboxylic acids is 1. The molecule has 2 aromatic carbocycles. The number of aryl methyl sites for hydroxylation is 1. The molecule has 0 saturated carbocycles. The van der Waals surface area contributed by atoms with Gasteiger partial charge >= 0.3 is 0 Å². The lowest BCUT2D eigenvalue weighted by molar-refractivity contribution is -0.113. The number of amides is 1. The van der Waals surface area contributed by atoms with E-state index in [2.05, 4.69) is 15.5 Å². The van der Waals surface area contributed by atoms with Crippen LogP contribution in [-0.4, -0.2) is 40.6 Å². The largest absolute Gasteiger partial charge is 0.497 e. The molecule has 1 aromatic heterocycles. The molecule has 1 N–H and O–H groups in total. The van der Waals surface area contributed by atoms with Crippen molar-refractivity contribution >= 4 is 23.4 Å². The zero-order chi connectivity index (χ0) is 23.1. The molecule has 0 radical (unpaired) electrons. The van der Waals surface area contributed by atoms with Crippen LogP contribution >= 0.6 is 11.8 Å². The van der Waals surface area contributed by atoms with Gasteiger partial charge in [-0.3, -0.25) is 4.79 Å². The van der Waals surface area contributed by atoms with E-state index in [1.807, 2.05) is 49.6 Å². The molecule has 0 aliphatic rings. The minimum absolute atomic E-state index is 0.172. The van der Waals surface area contributed by atoms with E-state index >= 15 is 0 Å². The zero-order valence-corrected chi connectivity index (χ0v) is 19.7. The van der Waals surface area contributed by atoms with Gasteiger partial charge < -0.3 is 24.1 Å². The Kier molecular flexibility index (Phi) is 7.99.